The Bertz CT molecular complexity index is 417. The van der Waals surface area contributed by atoms with Gasteiger partial charge in [-0.3, -0.25) is 0 Å². The third kappa shape index (κ3) is 3.38. The Hall–Kier alpha value is -0.940. The summed E-state index contributed by atoms with van der Waals surface area (Å²) in [6.07, 6.45) is 5.11. The van der Waals surface area contributed by atoms with E-state index in [-0.39, 0.29) is 5.60 Å². The van der Waals surface area contributed by atoms with E-state index in [9.17, 15) is 0 Å². The van der Waals surface area contributed by atoms with Gasteiger partial charge in [0.15, 0.2) is 0 Å². The van der Waals surface area contributed by atoms with Gasteiger partial charge in [0.25, 0.3) is 0 Å². The third-order valence-corrected chi connectivity index (χ3v) is 4.18. The molecule has 114 valence electrons. The van der Waals surface area contributed by atoms with Crippen molar-refractivity contribution in [3.8, 4) is 0 Å². The Labute approximate surface area is 121 Å². The van der Waals surface area contributed by atoms with Gasteiger partial charge < -0.3 is 15.0 Å². The Kier molecular flexibility index (Phi) is 5.16. The highest BCUT2D eigenvalue weighted by Gasteiger charge is 2.41. The second kappa shape index (κ2) is 6.68. The first-order chi connectivity index (χ1) is 9.59. The molecule has 2 rings (SSSR count). The molecule has 1 fully saturated rings. The number of ether oxygens (including phenoxy) is 1. The zero-order chi connectivity index (χ0) is 14.6. The van der Waals surface area contributed by atoms with Crippen LogP contribution < -0.4 is 5.73 Å². The van der Waals surface area contributed by atoms with Gasteiger partial charge in [0.1, 0.15) is 5.60 Å². The van der Waals surface area contributed by atoms with Crippen LogP contribution in [0.25, 0.3) is 0 Å². The van der Waals surface area contributed by atoms with Gasteiger partial charge in [0, 0.05) is 13.0 Å². The van der Waals surface area contributed by atoms with Crippen LogP contribution in [0.5, 0.6) is 0 Å². The lowest BCUT2D eigenvalue weighted by atomic mass is 9.78. The molecule has 5 heteroatoms. The summed E-state index contributed by atoms with van der Waals surface area (Å²) in [6.45, 7) is 7.69. The molecule has 3 atom stereocenters. The van der Waals surface area contributed by atoms with Gasteiger partial charge in [-0.25, -0.2) is 0 Å². The first kappa shape index (κ1) is 15.4. The van der Waals surface area contributed by atoms with Crippen molar-refractivity contribution >= 4 is 0 Å². The van der Waals surface area contributed by atoms with E-state index in [0.717, 1.165) is 31.5 Å². The maximum Gasteiger partial charge on any atom is 0.227 e. The van der Waals surface area contributed by atoms with Gasteiger partial charge in [-0.15, -0.1) is 0 Å². The molecule has 0 radical (unpaired) electrons. The SMILES string of the molecule is CCOC1(c2noc(CC(C)CN)n2)CCCC(C)C1. The highest BCUT2D eigenvalue weighted by atomic mass is 16.5. The van der Waals surface area contributed by atoms with Crippen LogP contribution in [0.2, 0.25) is 0 Å². The van der Waals surface area contributed by atoms with Gasteiger partial charge in [0.05, 0.1) is 0 Å². The van der Waals surface area contributed by atoms with E-state index in [2.05, 4.69) is 24.0 Å². The summed E-state index contributed by atoms with van der Waals surface area (Å²) in [4.78, 5) is 4.59. The molecule has 0 aliphatic heterocycles. The van der Waals surface area contributed by atoms with Gasteiger partial charge in [-0.2, -0.15) is 4.98 Å². The fourth-order valence-corrected chi connectivity index (χ4v) is 3.08. The van der Waals surface area contributed by atoms with E-state index in [1.165, 1.54) is 6.42 Å². The van der Waals surface area contributed by atoms with Crippen LogP contribution in [-0.4, -0.2) is 23.3 Å². The number of rotatable bonds is 6. The minimum atomic E-state index is -0.347. The number of hydrogen-bond acceptors (Lipinski definition) is 5. The Morgan fingerprint density at radius 3 is 3.00 bits per heavy atom. The van der Waals surface area contributed by atoms with E-state index in [0.29, 0.717) is 30.9 Å². The zero-order valence-corrected chi connectivity index (χ0v) is 12.9. The molecule has 1 aromatic heterocycles. The molecule has 1 aromatic rings. The van der Waals surface area contributed by atoms with Crippen molar-refractivity contribution in [2.45, 2.75) is 58.5 Å². The highest BCUT2D eigenvalue weighted by molar-refractivity contribution is 5.04. The fourth-order valence-electron chi connectivity index (χ4n) is 3.08. The summed E-state index contributed by atoms with van der Waals surface area (Å²) in [5.74, 6) is 2.40. The van der Waals surface area contributed by atoms with Gasteiger partial charge >= 0.3 is 0 Å². The topological polar surface area (TPSA) is 74.2 Å². The molecule has 3 unspecified atom stereocenters. The quantitative estimate of drug-likeness (QED) is 0.867. The highest BCUT2D eigenvalue weighted by Crippen LogP contribution is 2.41. The monoisotopic (exact) mass is 281 g/mol. The van der Waals surface area contributed by atoms with Gasteiger partial charge in [-0.1, -0.05) is 25.4 Å². The van der Waals surface area contributed by atoms with Crippen molar-refractivity contribution in [2.75, 3.05) is 13.2 Å². The average molecular weight is 281 g/mol. The molecule has 0 amide bonds. The van der Waals surface area contributed by atoms with Crippen LogP contribution in [0, 0.1) is 11.8 Å². The van der Waals surface area contributed by atoms with Crippen molar-refractivity contribution in [3.05, 3.63) is 11.7 Å². The number of aromatic nitrogens is 2. The summed E-state index contributed by atoms with van der Waals surface area (Å²) in [5.41, 5.74) is 5.30. The third-order valence-electron chi connectivity index (χ3n) is 4.18. The van der Waals surface area contributed by atoms with Crippen LogP contribution in [0.15, 0.2) is 4.52 Å². The molecule has 2 N–H and O–H groups in total. The molecule has 0 aromatic carbocycles. The Morgan fingerprint density at radius 2 is 2.35 bits per heavy atom. The second-order valence-electron chi connectivity index (χ2n) is 6.19. The number of nitrogens with zero attached hydrogens (tertiary/aromatic N) is 2. The van der Waals surface area contributed by atoms with Crippen molar-refractivity contribution < 1.29 is 9.26 Å². The predicted molar refractivity (Wildman–Crippen MR) is 77.2 cm³/mol. The minimum absolute atomic E-state index is 0.347. The van der Waals surface area contributed by atoms with Crippen LogP contribution >= 0.6 is 0 Å². The van der Waals surface area contributed by atoms with Crippen molar-refractivity contribution in [1.29, 1.82) is 0 Å². The number of hydrogen-bond donors (Lipinski definition) is 1. The van der Waals surface area contributed by atoms with Crippen LogP contribution in [-0.2, 0) is 16.8 Å². The first-order valence-electron chi connectivity index (χ1n) is 7.76. The van der Waals surface area contributed by atoms with Gasteiger partial charge in [0.2, 0.25) is 11.7 Å². The van der Waals surface area contributed by atoms with E-state index in [1.54, 1.807) is 0 Å². The largest absolute Gasteiger partial charge is 0.367 e. The normalized spacial score (nSPS) is 28.5. The average Bonchev–Trinajstić information content (AvgIpc) is 2.88. The Balaban J connectivity index is 2.17. The molecule has 0 saturated heterocycles. The lowest BCUT2D eigenvalue weighted by Gasteiger charge is -2.37. The van der Waals surface area contributed by atoms with E-state index in [1.807, 2.05) is 6.92 Å². The van der Waals surface area contributed by atoms with Crippen LogP contribution in [0.1, 0.15) is 58.2 Å². The van der Waals surface area contributed by atoms with Crippen molar-refractivity contribution in [3.63, 3.8) is 0 Å². The predicted octanol–water partition coefficient (Wildman–Crippen LogP) is 2.65. The van der Waals surface area contributed by atoms with Crippen LogP contribution in [0.3, 0.4) is 0 Å². The molecule has 0 spiro atoms. The molecule has 1 heterocycles. The van der Waals surface area contributed by atoms with E-state index < -0.39 is 0 Å². The maximum absolute atomic E-state index is 6.06. The fraction of sp³-hybridized carbons (Fsp3) is 0.867. The summed E-state index contributed by atoms with van der Waals surface area (Å²) in [5, 5.41) is 4.20. The summed E-state index contributed by atoms with van der Waals surface area (Å²) in [6, 6.07) is 0. The molecule has 20 heavy (non-hydrogen) atoms. The molecule has 1 aliphatic carbocycles. The summed E-state index contributed by atoms with van der Waals surface area (Å²) < 4.78 is 11.5. The molecule has 0 bridgehead atoms. The molecular formula is C15H27N3O2. The van der Waals surface area contributed by atoms with Gasteiger partial charge in [-0.05, 0) is 44.6 Å². The Morgan fingerprint density at radius 1 is 1.55 bits per heavy atom. The summed E-state index contributed by atoms with van der Waals surface area (Å²) in [7, 11) is 0. The number of nitrogens with two attached hydrogens (primary N) is 1. The van der Waals surface area contributed by atoms with Crippen molar-refractivity contribution in [2.24, 2.45) is 17.6 Å². The summed E-state index contributed by atoms with van der Waals surface area (Å²) >= 11 is 0. The van der Waals surface area contributed by atoms with Crippen LogP contribution in [0.4, 0.5) is 0 Å². The standard InChI is InChI=1S/C15H27N3O2/c1-4-19-15(7-5-6-11(2)9-15)14-17-13(20-18-14)8-12(3)10-16/h11-12H,4-10,16H2,1-3H3. The maximum atomic E-state index is 6.06. The zero-order valence-electron chi connectivity index (χ0n) is 12.9. The molecular weight excluding hydrogens is 254 g/mol. The smallest absolute Gasteiger partial charge is 0.227 e. The van der Waals surface area contributed by atoms with E-state index in [4.69, 9.17) is 15.0 Å². The molecule has 1 aliphatic rings. The first-order valence-corrected chi connectivity index (χ1v) is 7.76. The molecule has 5 nitrogen and oxygen atoms in total. The second-order valence-corrected chi connectivity index (χ2v) is 6.19. The van der Waals surface area contributed by atoms with E-state index >= 15 is 0 Å². The minimum Gasteiger partial charge on any atom is -0.367 e. The lowest BCUT2D eigenvalue weighted by Crippen LogP contribution is -2.36. The lowest BCUT2D eigenvalue weighted by molar-refractivity contribution is -0.0891. The molecule has 1 saturated carbocycles. The van der Waals surface area contributed by atoms with Crippen molar-refractivity contribution in [1.82, 2.24) is 10.1 Å².